The summed E-state index contributed by atoms with van der Waals surface area (Å²) in [7, 11) is 1.66. The molecule has 0 unspecified atom stereocenters. The van der Waals surface area contributed by atoms with E-state index < -0.39 is 0 Å². The molecule has 0 aliphatic carbocycles. The van der Waals surface area contributed by atoms with E-state index in [-0.39, 0.29) is 0 Å². The summed E-state index contributed by atoms with van der Waals surface area (Å²) in [6.07, 6.45) is 1.17. The summed E-state index contributed by atoms with van der Waals surface area (Å²) >= 11 is 9.62. The van der Waals surface area contributed by atoms with E-state index in [9.17, 15) is 0 Å². The Morgan fingerprint density at radius 1 is 1.16 bits per heavy atom. The van der Waals surface area contributed by atoms with E-state index in [0.717, 1.165) is 34.4 Å². The predicted octanol–water partition coefficient (Wildman–Crippen LogP) is 5.83. The minimum Gasteiger partial charge on any atom is -0.493 e. The molecule has 2 aromatic rings. The topological polar surface area (TPSA) is 30.5 Å². The third-order valence-electron chi connectivity index (χ3n) is 3.79. The Morgan fingerprint density at radius 3 is 2.64 bits per heavy atom. The van der Waals surface area contributed by atoms with Crippen LogP contribution in [0.3, 0.4) is 0 Å². The standard InChI is InChI=1S/C20H25BrClNO2/c1-14(2)7-8-23-12-16-10-18(21)20(19(11-16)24-3)25-13-15-5-4-6-17(22)9-15/h4-6,9-11,14,23H,7-8,12-13H2,1-3H3. The van der Waals surface area contributed by atoms with Crippen molar-refractivity contribution in [1.29, 1.82) is 0 Å². The van der Waals surface area contributed by atoms with E-state index in [1.54, 1.807) is 7.11 Å². The first-order chi connectivity index (χ1) is 12.0. The van der Waals surface area contributed by atoms with Gasteiger partial charge in [0.2, 0.25) is 0 Å². The third-order valence-corrected chi connectivity index (χ3v) is 4.61. The van der Waals surface area contributed by atoms with E-state index >= 15 is 0 Å². The minimum absolute atomic E-state index is 0.432. The van der Waals surface area contributed by atoms with Crippen molar-refractivity contribution in [3.05, 3.63) is 57.0 Å². The predicted molar refractivity (Wildman–Crippen MR) is 108 cm³/mol. The molecule has 0 saturated carbocycles. The van der Waals surface area contributed by atoms with Crippen LogP contribution in [-0.2, 0) is 13.2 Å². The maximum atomic E-state index is 6.02. The number of ether oxygens (including phenoxy) is 2. The Morgan fingerprint density at radius 2 is 1.96 bits per heavy atom. The van der Waals surface area contributed by atoms with Gasteiger partial charge >= 0.3 is 0 Å². The molecule has 2 rings (SSSR count). The molecule has 0 saturated heterocycles. The molecule has 1 N–H and O–H groups in total. The van der Waals surface area contributed by atoms with Crippen molar-refractivity contribution in [3.63, 3.8) is 0 Å². The molecule has 25 heavy (non-hydrogen) atoms. The molecule has 2 aromatic carbocycles. The fourth-order valence-corrected chi connectivity index (χ4v) is 3.24. The van der Waals surface area contributed by atoms with Crippen LogP contribution in [0.1, 0.15) is 31.4 Å². The quantitative estimate of drug-likeness (QED) is 0.512. The maximum absolute atomic E-state index is 6.02. The summed E-state index contributed by atoms with van der Waals surface area (Å²) in [5, 5.41) is 4.17. The second-order valence-electron chi connectivity index (χ2n) is 6.39. The van der Waals surface area contributed by atoms with Crippen LogP contribution in [0.25, 0.3) is 0 Å². The summed E-state index contributed by atoms with van der Waals surface area (Å²) in [6.45, 7) is 6.70. The average molecular weight is 427 g/mol. The molecule has 0 spiro atoms. The molecule has 0 heterocycles. The summed E-state index contributed by atoms with van der Waals surface area (Å²) in [4.78, 5) is 0. The Balaban J connectivity index is 2.03. The average Bonchev–Trinajstić information content (AvgIpc) is 2.57. The van der Waals surface area contributed by atoms with Crippen molar-refractivity contribution in [3.8, 4) is 11.5 Å². The maximum Gasteiger partial charge on any atom is 0.175 e. The van der Waals surface area contributed by atoms with E-state index in [1.807, 2.05) is 30.3 Å². The lowest BCUT2D eigenvalue weighted by atomic mass is 10.1. The Hall–Kier alpha value is -1.23. The SMILES string of the molecule is COc1cc(CNCCC(C)C)cc(Br)c1OCc1cccc(Cl)c1. The second-order valence-corrected chi connectivity index (χ2v) is 7.68. The van der Waals surface area contributed by atoms with E-state index in [4.69, 9.17) is 21.1 Å². The van der Waals surface area contributed by atoms with Gasteiger partial charge < -0.3 is 14.8 Å². The minimum atomic E-state index is 0.432. The van der Waals surface area contributed by atoms with E-state index in [0.29, 0.717) is 23.3 Å². The lowest BCUT2D eigenvalue weighted by molar-refractivity contribution is 0.282. The molecular weight excluding hydrogens is 402 g/mol. The fourth-order valence-electron chi connectivity index (χ4n) is 2.42. The molecule has 0 bridgehead atoms. The number of methoxy groups -OCH3 is 1. The Kier molecular flexibility index (Phi) is 8.07. The van der Waals surface area contributed by atoms with Crippen molar-refractivity contribution in [1.82, 2.24) is 5.32 Å². The highest BCUT2D eigenvalue weighted by molar-refractivity contribution is 9.10. The zero-order valence-corrected chi connectivity index (χ0v) is 17.3. The van der Waals surface area contributed by atoms with Gasteiger partial charge in [-0.3, -0.25) is 0 Å². The molecule has 136 valence electrons. The van der Waals surface area contributed by atoms with Gasteiger partial charge in [0.1, 0.15) is 6.61 Å². The van der Waals surface area contributed by atoms with Gasteiger partial charge in [0, 0.05) is 11.6 Å². The van der Waals surface area contributed by atoms with Gasteiger partial charge in [-0.1, -0.05) is 37.6 Å². The van der Waals surface area contributed by atoms with E-state index in [1.165, 1.54) is 6.42 Å². The highest BCUT2D eigenvalue weighted by Crippen LogP contribution is 2.37. The first-order valence-electron chi connectivity index (χ1n) is 8.44. The molecular formula is C20H25BrClNO2. The molecule has 0 radical (unpaired) electrons. The van der Waals surface area contributed by atoms with Crippen molar-refractivity contribution >= 4 is 27.5 Å². The third kappa shape index (κ3) is 6.53. The van der Waals surface area contributed by atoms with E-state index in [2.05, 4.69) is 41.2 Å². The number of halogens is 2. The molecule has 0 amide bonds. The van der Waals surface area contributed by atoms with Crippen LogP contribution < -0.4 is 14.8 Å². The molecule has 5 heteroatoms. The molecule has 0 aliphatic heterocycles. The van der Waals surface area contributed by atoms with Crippen LogP contribution in [0, 0.1) is 5.92 Å². The molecule has 0 fully saturated rings. The Labute approximate surface area is 163 Å². The fraction of sp³-hybridized carbons (Fsp3) is 0.400. The summed E-state index contributed by atoms with van der Waals surface area (Å²) < 4.78 is 12.4. The highest BCUT2D eigenvalue weighted by atomic mass is 79.9. The van der Waals surface area contributed by atoms with Gasteiger partial charge in [-0.15, -0.1) is 0 Å². The summed E-state index contributed by atoms with van der Waals surface area (Å²) in [5.74, 6) is 2.13. The van der Waals surface area contributed by atoms with Crippen LogP contribution in [0.4, 0.5) is 0 Å². The first kappa shape index (κ1) is 20.1. The van der Waals surface area contributed by atoms with Crippen LogP contribution in [-0.4, -0.2) is 13.7 Å². The molecule has 0 aromatic heterocycles. The lowest BCUT2D eigenvalue weighted by Gasteiger charge is -2.15. The molecule has 0 aliphatic rings. The van der Waals surface area contributed by atoms with Gasteiger partial charge in [-0.25, -0.2) is 0 Å². The van der Waals surface area contributed by atoms with Crippen LogP contribution in [0.2, 0.25) is 5.02 Å². The van der Waals surface area contributed by atoms with Crippen LogP contribution in [0.5, 0.6) is 11.5 Å². The zero-order chi connectivity index (χ0) is 18.2. The largest absolute Gasteiger partial charge is 0.493 e. The van der Waals surface area contributed by atoms with Gasteiger partial charge in [0.15, 0.2) is 11.5 Å². The number of benzene rings is 2. The zero-order valence-electron chi connectivity index (χ0n) is 14.9. The Bertz CT molecular complexity index is 691. The summed E-state index contributed by atoms with van der Waals surface area (Å²) in [5.41, 5.74) is 2.17. The van der Waals surface area contributed by atoms with Crippen LogP contribution in [0.15, 0.2) is 40.9 Å². The van der Waals surface area contributed by atoms with Crippen molar-refractivity contribution in [2.45, 2.75) is 33.4 Å². The monoisotopic (exact) mass is 425 g/mol. The van der Waals surface area contributed by atoms with Crippen molar-refractivity contribution in [2.24, 2.45) is 5.92 Å². The smallest absolute Gasteiger partial charge is 0.175 e. The number of rotatable bonds is 9. The van der Waals surface area contributed by atoms with Crippen LogP contribution >= 0.6 is 27.5 Å². The summed E-state index contributed by atoms with van der Waals surface area (Å²) in [6, 6.07) is 11.7. The van der Waals surface area contributed by atoms with Gasteiger partial charge in [0.25, 0.3) is 0 Å². The van der Waals surface area contributed by atoms with Gasteiger partial charge in [-0.2, -0.15) is 0 Å². The van der Waals surface area contributed by atoms with Gasteiger partial charge in [-0.05, 0) is 70.2 Å². The number of hydrogen-bond donors (Lipinski definition) is 1. The van der Waals surface area contributed by atoms with Crippen molar-refractivity contribution in [2.75, 3.05) is 13.7 Å². The van der Waals surface area contributed by atoms with Crippen molar-refractivity contribution < 1.29 is 9.47 Å². The number of nitrogens with one attached hydrogen (secondary N) is 1. The first-order valence-corrected chi connectivity index (χ1v) is 9.61. The number of hydrogen-bond acceptors (Lipinski definition) is 3. The highest BCUT2D eigenvalue weighted by Gasteiger charge is 2.12. The second kappa shape index (κ2) is 10.0. The molecule has 3 nitrogen and oxygen atoms in total. The van der Waals surface area contributed by atoms with Gasteiger partial charge in [0.05, 0.1) is 11.6 Å². The lowest BCUT2D eigenvalue weighted by Crippen LogP contribution is -2.16. The normalized spacial score (nSPS) is 11.0. The molecule has 0 atom stereocenters.